The third kappa shape index (κ3) is 9.14. The van der Waals surface area contributed by atoms with E-state index in [1.165, 1.54) is 14.2 Å². The van der Waals surface area contributed by atoms with Crippen LogP contribution >= 0.6 is 0 Å². The maximum atomic E-state index is 13.9. The molecule has 2 aromatic heterocycles. The highest BCUT2D eigenvalue weighted by Crippen LogP contribution is 2.35. The number of rotatable bonds is 13. The molecule has 4 aromatic rings. The first-order valence-corrected chi connectivity index (χ1v) is 20.6. The number of aromatic nitrogens is 4. The summed E-state index contributed by atoms with van der Waals surface area (Å²) in [6.07, 6.45) is 6.83. The maximum Gasteiger partial charge on any atom is 0.407 e. The van der Waals surface area contributed by atoms with Crippen LogP contribution in [-0.4, -0.2) is 93.1 Å². The molecule has 2 fully saturated rings. The summed E-state index contributed by atoms with van der Waals surface area (Å²) in [5, 5.41) is 5.58. The minimum Gasteiger partial charge on any atom is -0.453 e. The van der Waals surface area contributed by atoms with Crippen LogP contribution in [0.4, 0.5) is 9.59 Å². The molecule has 2 aliphatic heterocycles. The van der Waals surface area contributed by atoms with Crippen LogP contribution in [0.3, 0.4) is 0 Å². The predicted molar refractivity (Wildman–Crippen MR) is 220 cm³/mol. The minimum absolute atomic E-state index is 0.00747. The smallest absolute Gasteiger partial charge is 0.407 e. The highest BCUT2D eigenvalue weighted by molar-refractivity contribution is 5.87. The van der Waals surface area contributed by atoms with Crippen molar-refractivity contribution in [1.82, 2.24) is 40.4 Å². The molecule has 0 aliphatic carbocycles. The normalized spacial score (nSPS) is 17.6. The van der Waals surface area contributed by atoms with Crippen molar-refractivity contribution >= 4 is 35.0 Å². The largest absolute Gasteiger partial charge is 0.453 e. The summed E-state index contributed by atoms with van der Waals surface area (Å²) in [5.41, 5.74) is 5.08. The van der Waals surface area contributed by atoms with E-state index in [1.54, 1.807) is 6.20 Å². The summed E-state index contributed by atoms with van der Waals surface area (Å²) in [5.74, 6) is 7.74. The first-order valence-electron chi connectivity index (χ1n) is 20.6. The van der Waals surface area contributed by atoms with E-state index in [0.29, 0.717) is 13.1 Å². The van der Waals surface area contributed by atoms with Crippen LogP contribution in [-0.2, 0) is 19.1 Å². The molecule has 0 saturated carbocycles. The molecule has 2 saturated heterocycles. The van der Waals surface area contributed by atoms with Gasteiger partial charge < -0.3 is 39.9 Å². The van der Waals surface area contributed by atoms with Crippen LogP contribution in [0.15, 0.2) is 48.7 Å². The van der Waals surface area contributed by atoms with Gasteiger partial charge in [-0.2, -0.15) is 0 Å². The number of carbonyl (C=O) groups excluding carboxylic acids is 4. The van der Waals surface area contributed by atoms with Gasteiger partial charge in [-0.15, -0.1) is 0 Å². The molecule has 6 rings (SSSR count). The van der Waals surface area contributed by atoms with Gasteiger partial charge in [0.25, 0.3) is 0 Å². The van der Waals surface area contributed by atoms with E-state index in [9.17, 15) is 19.2 Å². The van der Waals surface area contributed by atoms with Gasteiger partial charge in [-0.25, -0.2) is 19.6 Å². The number of aromatic amines is 2. The number of ether oxygens (including phenoxy) is 2. The molecule has 0 spiro atoms. The van der Waals surface area contributed by atoms with Gasteiger partial charge in [-0.05, 0) is 73.4 Å². The number of methoxy groups -OCH3 is 2. The number of benzene rings is 2. The number of imidazole rings is 2. The second-order valence-corrected chi connectivity index (χ2v) is 15.1. The van der Waals surface area contributed by atoms with Crippen LogP contribution in [0.25, 0.3) is 22.3 Å². The lowest BCUT2D eigenvalue weighted by Gasteiger charge is -2.31. The Hall–Kier alpha value is -5.84. The number of likely N-dealkylation sites (tertiary alicyclic amines) is 2. The van der Waals surface area contributed by atoms with Gasteiger partial charge in [-0.1, -0.05) is 77.4 Å². The lowest BCUT2D eigenvalue weighted by atomic mass is 9.93. The summed E-state index contributed by atoms with van der Waals surface area (Å²) in [4.78, 5) is 72.2. The van der Waals surface area contributed by atoms with E-state index in [1.807, 2.05) is 80.0 Å². The number of carbonyl (C=O) groups is 4. The van der Waals surface area contributed by atoms with E-state index >= 15 is 0 Å². The molecule has 14 nitrogen and oxygen atoms in total. The van der Waals surface area contributed by atoms with Gasteiger partial charge in [0.2, 0.25) is 11.8 Å². The van der Waals surface area contributed by atoms with Crippen molar-refractivity contribution in [3.63, 3.8) is 0 Å². The van der Waals surface area contributed by atoms with E-state index in [0.717, 1.165) is 96.4 Å². The molecule has 0 bridgehead atoms. The number of hydrogen-bond donors (Lipinski definition) is 4. The van der Waals surface area contributed by atoms with E-state index < -0.39 is 24.3 Å². The molecule has 2 aliphatic rings. The first-order chi connectivity index (χ1) is 28.1. The fourth-order valence-corrected chi connectivity index (χ4v) is 8.44. The second kappa shape index (κ2) is 19.1. The maximum absolute atomic E-state index is 13.9. The second-order valence-electron chi connectivity index (χ2n) is 15.1. The third-order valence-corrected chi connectivity index (χ3v) is 11.8. The Labute approximate surface area is 340 Å². The molecule has 0 radical (unpaired) electrons. The molecule has 4 unspecified atom stereocenters. The van der Waals surface area contributed by atoms with Crippen molar-refractivity contribution in [1.29, 1.82) is 0 Å². The van der Waals surface area contributed by atoms with Crippen LogP contribution in [0.1, 0.15) is 114 Å². The summed E-state index contributed by atoms with van der Waals surface area (Å²) in [6, 6.07) is 12.0. The number of hydrogen-bond acceptors (Lipinski definition) is 8. The van der Waals surface area contributed by atoms with Crippen molar-refractivity contribution in [2.45, 2.75) is 103 Å². The highest BCUT2D eigenvalue weighted by Gasteiger charge is 2.40. The number of amides is 4. The summed E-state index contributed by atoms with van der Waals surface area (Å²) < 4.78 is 9.68. The van der Waals surface area contributed by atoms with E-state index in [-0.39, 0.29) is 35.7 Å². The quantitative estimate of drug-likeness (QED) is 0.105. The Balaban J connectivity index is 1.13. The Morgan fingerprint density at radius 3 is 1.79 bits per heavy atom. The average Bonchev–Trinajstić information content (AvgIpc) is 4.09. The fourth-order valence-electron chi connectivity index (χ4n) is 8.44. The first kappa shape index (κ1) is 41.8. The lowest BCUT2D eigenvalue weighted by Crippen LogP contribution is -2.52. The summed E-state index contributed by atoms with van der Waals surface area (Å²) in [7, 11) is 2.61. The average molecular weight is 793 g/mol. The number of nitrogens with one attached hydrogen (secondary N) is 4. The predicted octanol–water partition coefficient (Wildman–Crippen LogP) is 7.00. The standard InChI is InChI=1S/C44H56N8O6/c1-7-29(8-2)37(49-43(55)57-5)41(53)51-23-11-13-35(51)39-45-26-34(48-39)31-20-17-27(18-21-31)15-16-28-19-22-32-33(25-28)47-40(46-32)36-14-12-24-52(36)42(54)38(30(9-3)10-4)50-44(56)58-6/h17-22,25-26,29-30,35-38H,7-14,23-24H2,1-6H3,(H,45,48)(H,46,47)(H,49,55)(H,50,56). The Bertz CT molecular complexity index is 2130. The highest BCUT2D eigenvalue weighted by atomic mass is 16.5. The van der Waals surface area contributed by atoms with Crippen molar-refractivity contribution in [2.75, 3.05) is 27.3 Å². The van der Waals surface area contributed by atoms with Crippen LogP contribution < -0.4 is 10.6 Å². The zero-order valence-electron chi connectivity index (χ0n) is 34.4. The SMILES string of the molecule is CCC(CC)C(NC(=O)OC)C(=O)N1CCCC1c1ncc(-c2ccc(C#Cc3ccc4nc(C5CCCN5C(=O)C(NC(=O)OC)C(CC)CC)[nH]c4c3)cc2)[nH]1. The number of fused-ring (bicyclic) bond motifs is 1. The molecule has 14 heteroatoms. The third-order valence-electron chi connectivity index (χ3n) is 11.8. The van der Waals surface area contributed by atoms with Gasteiger partial charge in [0.15, 0.2) is 0 Å². The number of nitrogens with zero attached hydrogens (tertiary/aromatic N) is 4. The summed E-state index contributed by atoms with van der Waals surface area (Å²) in [6.45, 7) is 9.28. The van der Waals surface area contributed by atoms with Crippen molar-refractivity contribution in [3.8, 4) is 23.1 Å². The molecule has 4 N–H and O–H groups in total. The zero-order valence-corrected chi connectivity index (χ0v) is 34.4. The molecule has 4 amide bonds. The minimum atomic E-state index is -0.670. The van der Waals surface area contributed by atoms with Crippen molar-refractivity contribution in [2.24, 2.45) is 11.8 Å². The summed E-state index contributed by atoms with van der Waals surface area (Å²) >= 11 is 0. The van der Waals surface area contributed by atoms with Gasteiger partial charge in [0.1, 0.15) is 23.7 Å². The van der Waals surface area contributed by atoms with Gasteiger partial charge in [-0.3, -0.25) is 9.59 Å². The number of alkyl carbamates (subject to hydrolysis) is 2. The molecule has 58 heavy (non-hydrogen) atoms. The lowest BCUT2D eigenvalue weighted by molar-refractivity contribution is -0.136. The Morgan fingerprint density at radius 1 is 0.741 bits per heavy atom. The van der Waals surface area contributed by atoms with Crippen LogP contribution in [0.2, 0.25) is 0 Å². The van der Waals surface area contributed by atoms with Crippen molar-refractivity contribution < 1.29 is 28.7 Å². The molecule has 4 heterocycles. The Morgan fingerprint density at radius 2 is 1.26 bits per heavy atom. The number of H-pyrrole nitrogens is 2. The molecule has 4 atom stereocenters. The van der Waals surface area contributed by atoms with Gasteiger partial charge >= 0.3 is 12.2 Å². The van der Waals surface area contributed by atoms with Gasteiger partial charge in [0.05, 0.1) is 49.2 Å². The molecule has 2 aromatic carbocycles. The van der Waals surface area contributed by atoms with E-state index in [4.69, 9.17) is 19.4 Å². The monoisotopic (exact) mass is 792 g/mol. The van der Waals surface area contributed by atoms with Crippen molar-refractivity contribution in [3.05, 3.63) is 71.4 Å². The fraction of sp³-hybridized carbons (Fsp3) is 0.500. The Kier molecular flexibility index (Phi) is 13.7. The zero-order chi connectivity index (χ0) is 41.3. The topological polar surface area (TPSA) is 175 Å². The van der Waals surface area contributed by atoms with E-state index in [2.05, 4.69) is 32.4 Å². The molecule has 308 valence electrons. The van der Waals surface area contributed by atoms with Gasteiger partial charge in [0, 0.05) is 24.2 Å². The van der Waals surface area contributed by atoms with Crippen LogP contribution in [0, 0.1) is 23.7 Å². The molecular weight excluding hydrogens is 737 g/mol. The van der Waals surface area contributed by atoms with Crippen LogP contribution in [0.5, 0.6) is 0 Å². The molecular formula is C44H56N8O6.